The fraction of sp³-hybridized carbons (Fsp3) is 0.250. The van der Waals surface area contributed by atoms with Gasteiger partial charge in [0, 0.05) is 16.3 Å². The minimum atomic E-state index is 0.837. The van der Waals surface area contributed by atoms with Crippen molar-refractivity contribution >= 4 is 17.4 Å². The highest BCUT2D eigenvalue weighted by Gasteiger charge is 2.02. The van der Waals surface area contributed by atoms with Crippen LogP contribution in [0.15, 0.2) is 41.3 Å². The quantitative estimate of drug-likeness (QED) is 0.648. The summed E-state index contributed by atoms with van der Waals surface area (Å²) in [5.74, 6) is 0.993. The van der Waals surface area contributed by atoms with Crippen molar-refractivity contribution in [2.24, 2.45) is 0 Å². The second-order valence-electron chi connectivity index (χ2n) is 4.81. The minimum absolute atomic E-state index is 0.837. The molecule has 0 atom stereocenters. The Bertz CT molecular complexity index is 541. The lowest BCUT2D eigenvalue weighted by Crippen LogP contribution is -1.89. The number of aryl methyl sites for hydroxylation is 3. The molecular formula is C16H19NS. The summed E-state index contributed by atoms with van der Waals surface area (Å²) in [6, 6.07) is 12.8. The van der Waals surface area contributed by atoms with E-state index in [1.165, 1.54) is 27.1 Å². The molecule has 2 rings (SSSR count). The van der Waals surface area contributed by atoms with Gasteiger partial charge in [-0.05, 0) is 44.0 Å². The van der Waals surface area contributed by atoms with Crippen LogP contribution in [0.3, 0.4) is 0 Å². The summed E-state index contributed by atoms with van der Waals surface area (Å²) < 4.78 is 0. The van der Waals surface area contributed by atoms with Crippen LogP contribution in [0, 0.1) is 20.8 Å². The fourth-order valence-electron chi connectivity index (χ4n) is 2.09. The molecule has 0 aromatic heterocycles. The fourth-order valence-corrected chi connectivity index (χ4v) is 3.09. The molecule has 2 heteroatoms. The molecule has 2 N–H and O–H groups in total. The monoisotopic (exact) mass is 257 g/mol. The van der Waals surface area contributed by atoms with Crippen molar-refractivity contribution in [3.8, 4) is 0 Å². The van der Waals surface area contributed by atoms with Crippen molar-refractivity contribution in [2.45, 2.75) is 31.4 Å². The Hall–Kier alpha value is -1.41. The highest BCUT2D eigenvalue weighted by molar-refractivity contribution is 7.98. The third-order valence-electron chi connectivity index (χ3n) is 2.89. The van der Waals surface area contributed by atoms with Crippen molar-refractivity contribution in [1.82, 2.24) is 0 Å². The Morgan fingerprint density at radius 3 is 2.28 bits per heavy atom. The molecule has 2 aromatic rings. The van der Waals surface area contributed by atoms with Gasteiger partial charge >= 0.3 is 0 Å². The Kier molecular flexibility index (Phi) is 3.97. The number of hydrogen-bond donors (Lipinski definition) is 1. The number of anilines is 1. The van der Waals surface area contributed by atoms with E-state index in [2.05, 4.69) is 51.1 Å². The first-order valence-electron chi connectivity index (χ1n) is 6.11. The van der Waals surface area contributed by atoms with Crippen LogP contribution in [0.1, 0.15) is 22.3 Å². The van der Waals surface area contributed by atoms with Crippen LogP contribution >= 0.6 is 11.8 Å². The second kappa shape index (κ2) is 5.49. The van der Waals surface area contributed by atoms with Gasteiger partial charge in [-0.3, -0.25) is 0 Å². The first-order valence-corrected chi connectivity index (χ1v) is 7.09. The molecule has 0 fully saturated rings. The summed E-state index contributed by atoms with van der Waals surface area (Å²) in [5.41, 5.74) is 12.0. The van der Waals surface area contributed by atoms with Gasteiger partial charge in [0.25, 0.3) is 0 Å². The van der Waals surface area contributed by atoms with Crippen LogP contribution in [0.4, 0.5) is 5.69 Å². The number of nitrogen functional groups attached to an aromatic ring is 1. The molecule has 94 valence electrons. The minimum Gasteiger partial charge on any atom is -0.399 e. The van der Waals surface area contributed by atoms with Gasteiger partial charge in [0.1, 0.15) is 0 Å². The zero-order valence-corrected chi connectivity index (χ0v) is 12.0. The van der Waals surface area contributed by atoms with Crippen LogP contribution in [0.2, 0.25) is 0 Å². The second-order valence-corrected chi connectivity index (χ2v) is 5.83. The van der Waals surface area contributed by atoms with E-state index in [0.29, 0.717) is 0 Å². The normalized spacial score (nSPS) is 10.6. The summed E-state index contributed by atoms with van der Waals surface area (Å²) in [5, 5.41) is 0. The number of hydrogen-bond acceptors (Lipinski definition) is 2. The summed E-state index contributed by atoms with van der Waals surface area (Å²) >= 11 is 1.85. The maximum atomic E-state index is 5.83. The van der Waals surface area contributed by atoms with Crippen molar-refractivity contribution in [3.05, 3.63) is 58.7 Å². The maximum absolute atomic E-state index is 5.83. The van der Waals surface area contributed by atoms with E-state index >= 15 is 0 Å². The Balaban J connectivity index is 2.13. The van der Waals surface area contributed by atoms with Crippen LogP contribution in [-0.4, -0.2) is 0 Å². The molecule has 0 spiro atoms. The number of rotatable bonds is 3. The van der Waals surface area contributed by atoms with Gasteiger partial charge in [-0.15, -0.1) is 11.8 Å². The smallest absolute Gasteiger partial charge is 0.0325 e. The van der Waals surface area contributed by atoms with Crippen LogP contribution in [-0.2, 0) is 5.75 Å². The lowest BCUT2D eigenvalue weighted by molar-refractivity contribution is 1.27. The molecule has 0 aliphatic carbocycles. The largest absolute Gasteiger partial charge is 0.399 e. The third-order valence-corrected chi connectivity index (χ3v) is 4.12. The van der Waals surface area contributed by atoms with E-state index in [-0.39, 0.29) is 0 Å². The molecule has 0 radical (unpaired) electrons. The third kappa shape index (κ3) is 3.30. The average Bonchev–Trinajstić information content (AvgIpc) is 2.29. The highest BCUT2D eigenvalue weighted by atomic mass is 32.2. The highest BCUT2D eigenvalue weighted by Crippen LogP contribution is 2.28. The van der Waals surface area contributed by atoms with Gasteiger partial charge in [-0.25, -0.2) is 0 Å². The molecule has 0 saturated carbocycles. The van der Waals surface area contributed by atoms with Gasteiger partial charge < -0.3 is 5.73 Å². The van der Waals surface area contributed by atoms with Gasteiger partial charge in [-0.2, -0.15) is 0 Å². The number of nitrogens with two attached hydrogens (primary N) is 1. The molecule has 0 aliphatic rings. The zero-order chi connectivity index (χ0) is 13.1. The van der Waals surface area contributed by atoms with Crippen molar-refractivity contribution in [1.29, 1.82) is 0 Å². The molecule has 1 nitrogen and oxygen atoms in total. The van der Waals surface area contributed by atoms with Gasteiger partial charge in [-0.1, -0.05) is 35.4 Å². The van der Waals surface area contributed by atoms with Crippen molar-refractivity contribution < 1.29 is 0 Å². The van der Waals surface area contributed by atoms with Gasteiger partial charge in [0.05, 0.1) is 0 Å². The van der Waals surface area contributed by atoms with Crippen LogP contribution in [0.5, 0.6) is 0 Å². The van der Waals surface area contributed by atoms with E-state index in [0.717, 1.165) is 11.4 Å². The first-order chi connectivity index (χ1) is 8.54. The van der Waals surface area contributed by atoms with Crippen molar-refractivity contribution in [3.63, 3.8) is 0 Å². The lowest BCUT2D eigenvalue weighted by Gasteiger charge is -2.08. The SMILES string of the molecule is Cc1cc(C)cc(CSc2cc(N)ccc2C)c1. The molecule has 0 amide bonds. The van der Waals surface area contributed by atoms with Gasteiger partial charge in [0.15, 0.2) is 0 Å². The predicted molar refractivity (Wildman–Crippen MR) is 81.1 cm³/mol. The molecule has 2 aromatic carbocycles. The summed E-state index contributed by atoms with van der Waals surface area (Å²) in [6.45, 7) is 6.42. The zero-order valence-electron chi connectivity index (χ0n) is 11.2. The van der Waals surface area contributed by atoms with Crippen LogP contribution < -0.4 is 5.73 Å². The Labute approximate surface area is 113 Å². The van der Waals surface area contributed by atoms with Crippen molar-refractivity contribution in [2.75, 3.05) is 5.73 Å². The Morgan fingerprint density at radius 2 is 1.61 bits per heavy atom. The summed E-state index contributed by atoms with van der Waals surface area (Å²) in [4.78, 5) is 1.27. The predicted octanol–water partition coefficient (Wildman–Crippen LogP) is 4.49. The topological polar surface area (TPSA) is 26.0 Å². The molecule has 18 heavy (non-hydrogen) atoms. The molecular weight excluding hydrogens is 238 g/mol. The maximum Gasteiger partial charge on any atom is 0.0325 e. The van der Waals surface area contributed by atoms with E-state index in [9.17, 15) is 0 Å². The molecule has 0 saturated heterocycles. The van der Waals surface area contributed by atoms with E-state index < -0.39 is 0 Å². The molecule has 0 bridgehead atoms. The Morgan fingerprint density at radius 1 is 0.944 bits per heavy atom. The molecule has 0 unspecified atom stereocenters. The van der Waals surface area contributed by atoms with Gasteiger partial charge in [0.2, 0.25) is 0 Å². The van der Waals surface area contributed by atoms with E-state index in [1.807, 2.05) is 17.8 Å². The number of thioether (sulfide) groups is 1. The summed E-state index contributed by atoms with van der Waals surface area (Å²) in [6.07, 6.45) is 0. The first kappa shape index (κ1) is 13.0. The summed E-state index contributed by atoms with van der Waals surface area (Å²) in [7, 11) is 0. The lowest BCUT2D eigenvalue weighted by atomic mass is 10.1. The van der Waals surface area contributed by atoms with E-state index in [4.69, 9.17) is 5.73 Å². The number of benzene rings is 2. The molecule has 0 heterocycles. The molecule has 0 aliphatic heterocycles. The van der Waals surface area contributed by atoms with E-state index in [1.54, 1.807) is 0 Å². The van der Waals surface area contributed by atoms with Crippen LogP contribution in [0.25, 0.3) is 0 Å². The standard InChI is InChI=1S/C16H19NS/c1-11-6-12(2)8-14(7-11)10-18-16-9-15(17)5-4-13(16)3/h4-9H,10,17H2,1-3H3. The average molecular weight is 257 g/mol.